The number of benzene rings is 2. The van der Waals surface area contributed by atoms with Crippen LogP contribution in [0, 0.1) is 13.8 Å². The topological polar surface area (TPSA) is 94.6 Å². The molecule has 1 amide bonds. The van der Waals surface area contributed by atoms with Gasteiger partial charge < -0.3 is 14.8 Å². The van der Waals surface area contributed by atoms with Gasteiger partial charge in [-0.25, -0.2) is 9.59 Å². The number of rotatable bonds is 6. The van der Waals surface area contributed by atoms with Crippen molar-refractivity contribution in [2.45, 2.75) is 20.8 Å². The Morgan fingerprint density at radius 3 is 2.33 bits per heavy atom. The Hall–Kier alpha value is -3.74. The molecule has 0 fully saturated rings. The Morgan fingerprint density at radius 1 is 0.933 bits per heavy atom. The first-order valence-electron chi connectivity index (χ1n) is 9.50. The Morgan fingerprint density at radius 2 is 1.63 bits per heavy atom. The van der Waals surface area contributed by atoms with E-state index in [1.165, 1.54) is 0 Å². The van der Waals surface area contributed by atoms with Crippen molar-refractivity contribution in [3.05, 3.63) is 70.9 Å². The molecule has 1 N–H and O–H groups in total. The monoisotopic (exact) mass is 406 g/mol. The van der Waals surface area contributed by atoms with Gasteiger partial charge in [-0.2, -0.15) is 0 Å². The van der Waals surface area contributed by atoms with Gasteiger partial charge in [-0.05, 0) is 56.7 Å². The molecule has 0 spiro atoms. The number of carbonyl (C=O) groups is 3. The van der Waals surface area contributed by atoms with Gasteiger partial charge in [0.15, 0.2) is 6.61 Å². The van der Waals surface area contributed by atoms with E-state index >= 15 is 0 Å². The molecule has 30 heavy (non-hydrogen) atoms. The minimum atomic E-state index is -0.601. The second kappa shape index (κ2) is 9.17. The Balaban J connectivity index is 1.63. The molecule has 0 aliphatic rings. The molecule has 1 aromatic heterocycles. The lowest BCUT2D eigenvalue weighted by Crippen LogP contribution is -2.22. The molecule has 0 bridgehead atoms. The number of esters is 2. The fourth-order valence-corrected chi connectivity index (χ4v) is 3.14. The van der Waals surface area contributed by atoms with Gasteiger partial charge in [0.1, 0.15) is 0 Å². The summed E-state index contributed by atoms with van der Waals surface area (Å²) in [5.41, 5.74) is 3.33. The molecular weight excluding hydrogens is 384 g/mol. The summed E-state index contributed by atoms with van der Waals surface area (Å²) in [4.78, 5) is 40.8. The summed E-state index contributed by atoms with van der Waals surface area (Å²) in [6.07, 6.45) is 0. The van der Waals surface area contributed by atoms with Gasteiger partial charge >= 0.3 is 11.9 Å². The van der Waals surface area contributed by atoms with E-state index in [2.05, 4.69) is 10.3 Å². The fraction of sp³-hybridized carbons (Fsp3) is 0.217. The molecule has 154 valence electrons. The van der Waals surface area contributed by atoms with Crippen molar-refractivity contribution in [2.24, 2.45) is 0 Å². The van der Waals surface area contributed by atoms with Crippen molar-refractivity contribution < 1.29 is 23.9 Å². The summed E-state index contributed by atoms with van der Waals surface area (Å²) in [5.74, 6) is -1.52. The Kier molecular flexibility index (Phi) is 6.41. The summed E-state index contributed by atoms with van der Waals surface area (Å²) in [5, 5.41) is 3.48. The number of fused-ring (bicyclic) bond motifs is 1. The Labute approximate surface area is 174 Å². The molecule has 0 radical (unpaired) electrons. The van der Waals surface area contributed by atoms with Gasteiger partial charge in [0.25, 0.3) is 5.91 Å². The molecule has 3 aromatic rings. The number of para-hydroxylation sites is 1. The maximum atomic E-state index is 12.6. The van der Waals surface area contributed by atoms with E-state index in [0.717, 1.165) is 16.5 Å². The van der Waals surface area contributed by atoms with Crippen LogP contribution in [0.25, 0.3) is 10.9 Å². The predicted molar refractivity (Wildman–Crippen MR) is 113 cm³/mol. The SMILES string of the molecule is CCOC(=O)c1ccc(NC(=O)COC(=O)c2c(C)nc3ccccc3c2C)cc1. The average Bonchev–Trinajstić information content (AvgIpc) is 2.73. The van der Waals surface area contributed by atoms with Crippen molar-refractivity contribution in [1.29, 1.82) is 0 Å². The summed E-state index contributed by atoms with van der Waals surface area (Å²) >= 11 is 0. The molecule has 0 aliphatic carbocycles. The van der Waals surface area contributed by atoms with Crippen LogP contribution in [-0.4, -0.2) is 36.0 Å². The smallest absolute Gasteiger partial charge is 0.340 e. The molecule has 7 heteroatoms. The van der Waals surface area contributed by atoms with Crippen molar-refractivity contribution in [3.8, 4) is 0 Å². The molecular formula is C23H22N2O5. The highest BCUT2D eigenvalue weighted by molar-refractivity contribution is 6.00. The average molecular weight is 406 g/mol. The minimum Gasteiger partial charge on any atom is -0.462 e. The number of pyridine rings is 1. The molecule has 1 heterocycles. The van der Waals surface area contributed by atoms with E-state index in [0.29, 0.717) is 22.5 Å². The van der Waals surface area contributed by atoms with Crippen LogP contribution in [0.4, 0.5) is 5.69 Å². The van der Waals surface area contributed by atoms with Crippen molar-refractivity contribution >= 4 is 34.4 Å². The number of amides is 1. The highest BCUT2D eigenvalue weighted by Crippen LogP contribution is 2.23. The van der Waals surface area contributed by atoms with Crippen LogP contribution in [0.15, 0.2) is 48.5 Å². The van der Waals surface area contributed by atoms with Crippen LogP contribution in [0.5, 0.6) is 0 Å². The van der Waals surface area contributed by atoms with Crippen LogP contribution in [0.3, 0.4) is 0 Å². The second-order valence-corrected chi connectivity index (χ2v) is 6.64. The van der Waals surface area contributed by atoms with Gasteiger partial charge in [-0.3, -0.25) is 9.78 Å². The first-order chi connectivity index (χ1) is 14.4. The molecule has 0 saturated carbocycles. The molecule has 0 unspecified atom stereocenters. The summed E-state index contributed by atoms with van der Waals surface area (Å²) in [7, 11) is 0. The molecule has 0 aliphatic heterocycles. The highest BCUT2D eigenvalue weighted by atomic mass is 16.5. The van der Waals surface area contributed by atoms with Gasteiger partial charge in [-0.15, -0.1) is 0 Å². The number of aryl methyl sites for hydroxylation is 2. The maximum absolute atomic E-state index is 12.6. The number of aromatic nitrogens is 1. The van der Waals surface area contributed by atoms with Gasteiger partial charge in [-0.1, -0.05) is 18.2 Å². The zero-order valence-electron chi connectivity index (χ0n) is 17.0. The van der Waals surface area contributed by atoms with Gasteiger partial charge in [0, 0.05) is 11.1 Å². The number of ether oxygens (including phenoxy) is 2. The van der Waals surface area contributed by atoms with Crippen LogP contribution >= 0.6 is 0 Å². The quantitative estimate of drug-likeness (QED) is 0.626. The minimum absolute atomic E-state index is 0.286. The van der Waals surface area contributed by atoms with E-state index < -0.39 is 24.5 Å². The molecule has 7 nitrogen and oxygen atoms in total. The zero-order chi connectivity index (χ0) is 21.7. The van der Waals surface area contributed by atoms with E-state index in [1.807, 2.05) is 31.2 Å². The molecule has 3 rings (SSSR count). The lowest BCUT2D eigenvalue weighted by atomic mass is 10.0. The first kappa shape index (κ1) is 21.0. The zero-order valence-corrected chi connectivity index (χ0v) is 17.0. The van der Waals surface area contributed by atoms with Crippen LogP contribution < -0.4 is 5.32 Å². The fourth-order valence-electron chi connectivity index (χ4n) is 3.14. The third-order valence-corrected chi connectivity index (χ3v) is 4.55. The normalized spacial score (nSPS) is 10.5. The number of carbonyl (C=O) groups excluding carboxylic acids is 3. The van der Waals surface area contributed by atoms with Gasteiger partial charge in [0.2, 0.25) is 0 Å². The number of hydrogen-bond acceptors (Lipinski definition) is 6. The lowest BCUT2D eigenvalue weighted by molar-refractivity contribution is -0.119. The van der Waals surface area contributed by atoms with E-state index in [9.17, 15) is 14.4 Å². The number of anilines is 1. The molecule has 0 saturated heterocycles. The van der Waals surface area contributed by atoms with Crippen LogP contribution in [0.1, 0.15) is 38.9 Å². The van der Waals surface area contributed by atoms with Crippen molar-refractivity contribution in [2.75, 3.05) is 18.5 Å². The Bertz CT molecular complexity index is 1110. The summed E-state index contributed by atoms with van der Waals surface area (Å²) < 4.78 is 10.1. The highest BCUT2D eigenvalue weighted by Gasteiger charge is 2.19. The third-order valence-electron chi connectivity index (χ3n) is 4.55. The first-order valence-corrected chi connectivity index (χ1v) is 9.50. The predicted octanol–water partition coefficient (Wildman–Crippen LogP) is 3.82. The number of hydrogen-bond donors (Lipinski definition) is 1. The molecule has 2 aromatic carbocycles. The summed E-state index contributed by atoms with van der Waals surface area (Å²) in [6, 6.07) is 13.8. The second-order valence-electron chi connectivity index (χ2n) is 6.64. The third kappa shape index (κ3) is 4.63. The summed E-state index contributed by atoms with van der Waals surface area (Å²) in [6.45, 7) is 5.14. The largest absolute Gasteiger partial charge is 0.462 e. The van der Waals surface area contributed by atoms with Crippen LogP contribution in [-0.2, 0) is 14.3 Å². The lowest BCUT2D eigenvalue weighted by Gasteiger charge is -2.12. The maximum Gasteiger partial charge on any atom is 0.340 e. The number of nitrogens with zero attached hydrogens (tertiary/aromatic N) is 1. The van der Waals surface area contributed by atoms with Gasteiger partial charge in [0.05, 0.1) is 28.9 Å². The van der Waals surface area contributed by atoms with E-state index in [1.54, 1.807) is 38.1 Å². The van der Waals surface area contributed by atoms with Crippen molar-refractivity contribution in [1.82, 2.24) is 4.98 Å². The molecule has 0 atom stereocenters. The standard InChI is InChI=1S/C23H22N2O5/c1-4-29-22(27)16-9-11-17(12-10-16)25-20(26)13-30-23(28)21-14(2)18-7-5-6-8-19(18)24-15(21)3/h5-12H,4,13H2,1-3H3,(H,25,26). The van der Waals surface area contributed by atoms with Crippen molar-refractivity contribution in [3.63, 3.8) is 0 Å². The van der Waals surface area contributed by atoms with E-state index in [4.69, 9.17) is 9.47 Å². The van der Waals surface area contributed by atoms with Crippen LogP contribution in [0.2, 0.25) is 0 Å². The van der Waals surface area contributed by atoms with E-state index in [-0.39, 0.29) is 6.61 Å². The number of nitrogens with one attached hydrogen (secondary N) is 1.